The molecule has 1 unspecified atom stereocenters. The maximum absolute atomic E-state index is 12.9. The van der Waals surface area contributed by atoms with E-state index < -0.39 is 0 Å². The van der Waals surface area contributed by atoms with Crippen LogP contribution in [0.1, 0.15) is 25.3 Å². The molecule has 1 aliphatic heterocycles. The number of carbonyl (C=O) groups is 1. The van der Waals surface area contributed by atoms with Crippen molar-refractivity contribution in [2.75, 3.05) is 29.9 Å². The Kier molecular flexibility index (Phi) is 6.46. The fraction of sp³-hybridized carbons (Fsp3) is 0.320. The van der Waals surface area contributed by atoms with Gasteiger partial charge in [0.25, 0.3) is 0 Å². The molecule has 1 aromatic heterocycles. The van der Waals surface area contributed by atoms with Crippen LogP contribution in [-0.2, 0) is 4.79 Å². The van der Waals surface area contributed by atoms with Crippen LogP contribution in [0, 0.1) is 12.8 Å². The van der Waals surface area contributed by atoms with E-state index in [1.165, 1.54) is 5.56 Å². The van der Waals surface area contributed by atoms with E-state index in [4.69, 9.17) is 4.74 Å². The summed E-state index contributed by atoms with van der Waals surface area (Å²) in [5.74, 6) is 1.41. The molecule has 0 spiro atoms. The number of hydrogen-bond acceptors (Lipinski definition) is 5. The van der Waals surface area contributed by atoms with E-state index in [0.29, 0.717) is 24.6 Å². The fourth-order valence-corrected chi connectivity index (χ4v) is 3.86. The van der Waals surface area contributed by atoms with Crippen molar-refractivity contribution >= 4 is 17.4 Å². The molecule has 1 amide bonds. The monoisotopic (exact) mass is 416 g/mol. The second-order valence-corrected chi connectivity index (χ2v) is 7.85. The Morgan fingerprint density at radius 2 is 1.90 bits per heavy atom. The van der Waals surface area contributed by atoms with Crippen molar-refractivity contribution in [2.45, 2.75) is 26.7 Å². The van der Waals surface area contributed by atoms with Gasteiger partial charge < -0.3 is 15.0 Å². The molecular formula is C25H28N4O2. The lowest BCUT2D eigenvalue weighted by Crippen LogP contribution is -2.41. The standard InChI is InChI=1S/C25H28N4O2/c1-3-31-23-9-5-4-8-22(23)26-25(30)20-7-6-16-29(17-20)24-15-14-21(27-28-24)19-12-10-18(2)11-13-19/h4-5,8-15,20H,3,6-7,16-17H2,1-2H3,(H,26,30). The number of ether oxygens (including phenoxy) is 1. The number of amides is 1. The fourth-order valence-electron chi connectivity index (χ4n) is 3.86. The molecule has 6 nitrogen and oxygen atoms in total. The number of hydrogen-bond donors (Lipinski definition) is 1. The Hall–Kier alpha value is -3.41. The van der Waals surface area contributed by atoms with E-state index in [1.54, 1.807) is 0 Å². The number of carbonyl (C=O) groups excluding carboxylic acids is 1. The van der Waals surface area contributed by atoms with Crippen molar-refractivity contribution in [2.24, 2.45) is 5.92 Å². The van der Waals surface area contributed by atoms with Gasteiger partial charge in [-0.1, -0.05) is 42.0 Å². The predicted octanol–water partition coefficient (Wildman–Crippen LogP) is 4.71. The minimum atomic E-state index is -0.109. The van der Waals surface area contributed by atoms with E-state index in [-0.39, 0.29) is 11.8 Å². The largest absolute Gasteiger partial charge is 0.492 e. The lowest BCUT2D eigenvalue weighted by molar-refractivity contribution is -0.120. The van der Waals surface area contributed by atoms with Crippen LogP contribution in [0.4, 0.5) is 11.5 Å². The van der Waals surface area contributed by atoms with Gasteiger partial charge in [0, 0.05) is 18.7 Å². The van der Waals surface area contributed by atoms with Crippen LogP contribution in [0.25, 0.3) is 11.3 Å². The van der Waals surface area contributed by atoms with Crippen LogP contribution < -0.4 is 15.0 Å². The van der Waals surface area contributed by atoms with Crippen LogP contribution >= 0.6 is 0 Å². The zero-order valence-electron chi connectivity index (χ0n) is 18.0. The first-order chi connectivity index (χ1) is 15.1. The van der Waals surface area contributed by atoms with Gasteiger partial charge in [0.05, 0.1) is 23.9 Å². The lowest BCUT2D eigenvalue weighted by Gasteiger charge is -2.32. The molecule has 6 heteroatoms. The molecule has 0 radical (unpaired) electrons. The molecule has 2 aromatic carbocycles. The number of nitrogens with zero attached hydrogens (tertiary/aromatic N) is 3. The molecule has 0 bridgehead atoms. The third-order valence-corrected chi connectivity index (χ3v) is 5.56. The third kappa shape index (κ3) is 5.02. The Balaban J connectivity index is 1.42. The van der Waals surface area contributed by atoms with Gasteiger partial charge in [-0.05, 0) is 51.0 Å². The summed E-state index contributed by atoms with van der Waals surface area (Å²) >= 11 is 0. The average molecular weight is 417 g/mol. The smallest absolute Gasteiger partial charge is 0.229 e. The molecule has 0 aliphatic carbocycles. The van der Waals surface area contributed by atoms with Gasteiger partial charge >= 0.3 is 0 Å². The summed E-state index contributed by atoms with van der Waals surface area (Å²) < 4.78 is 5.63. The number of aryl methyl sites for hydroxylation is 1. The molecule has 1 atom stereocenters. The highest BCUT2D eigenvalue weighted by atomic mass is 16.5. The van der Waals surface area contributed by atoms with Crippen molar-refractivity contribution in [3.63, 3.8) is 0 Å². The number of aromatic nitrogens is 2. The van der Waals surface area contributed by atoms with Crippen LogP contribution in [0.15, 0.2) is 60.7 Å². The first kappa shape index (κ1) is 20.8. The highest BCUT2D eigenvalue weighted by Gasteiger charge is 2.27. The minimum Gasteiger partial charge on any atom is -0.492 e. The van der Waals surface area contributed by atoms with Crippen molar-refractivity contribution in [3.8, 4) is 17.0 Å². The number of anilines is 2. The zero-order valence-corrected chi connectivity index (χ0v) is 18.0. The number of piperidine rings is 1. The van der Waals surface area contributed by atoms with E-state index in [9.17, 15) is 4.79 Å². The van der Waals surface area contributed by atoms with Gasteiger partial charge in [-0.3, -0.25) is 4.79 Å². The highest BCUT2D eigenvalue weighted by Crippen LogP contribution is 2.27. The molecule has 1 fully saturated rings. The molecule has 1 N–H and O–H groups in total. The van der Waals surface area contributed by atoms with E-state index >= 15 is 0 Å². The quantitative estimate of drug-likeness (QED) is 0.631. The van der Waals surface area contributed by atoms with Crippen LogP contribution in [0.2, 0.25) is 0 Å². The minimum absolute atomic E-state index is 0.0149. The second-order valence-electron chi connectivity index (χ2n) is 7.85. The third-order valence-electron chi connectivity index (χ3n) is 5.56. The molecule has 31 heavy (non-hydrogen) atoms. The highest BCUT2D eigenvalue weighted by molar-refractivity contribution is 5.94. The first-order valence-corrected chi connectivity index (χ1v) is 10.8. The summed E-state index contributed by atoms with van der Waals surface area (Å²) in [6.07, 6.45) is 1.79. The molecular weight excluding hydrogens is 388 g/mol. The predicted molar refractivity (Wildman–Crippen MR) is 123 cm³/mol. The normalized spacial score (nSPS) is 16.1. The van der Waals surface area contributed by atoms with Gasteiger partial charge in [-0.25, -0.2) is 0 Å². The first-order valence-electron chi connectivity index (χ1n) is 10.8. The Morgan fingerprint density at radius 3 is 2.65 bits per heavy atom. The van der Waals surface area contributed by atoms with Crippen molar-refractivity contribution in [1.29, 1.82) is 0 Å². The summed E-state index contributed by atoms with van der Waals surface area (Å²) in [7, 11) is 0. The van der Waals surface area contributed by atoms with Crippen molar-refractivity contribution in [3.05, 3.63) is 66.2 Å². The molecule has 1 saturated heterocycles. The molecule has 160 valence electrons. The molecule has 4 rings (SSSR count). The van der Waals surface area contributed by atoms with Crippen LogP contribution in [0.3, 0.4) is 0 Å². The van der Waals surface area contributed by atoms with Crippen LogP contribution in [-0.4, -0.2) is 35.8 Å². The van der Waals surface area contributed by atoms with Gasteiger partial charge in [-0.15, -0.1) is 10.2 Å². The summed E-state index contributed by atoms with van der Waals surface area (Å²) in [5.41, 5.74) is 3.83. The molecule has 0 saturated carbocycles. The number of rotatable bonds is 6. The molecule has 1 aliphatic rings. The van der Waals surface area contributed by atoms with Gasteiger partial charge in [0.2, 0.25) is 5.91 Å². The summed E-state index contributed by atoms with van der Waals surface area (Å²) in [6, 6.07) is 19.8. The maximum Gasteiger partial charge on any atom is 0.229 e. The number of para-hydroxylation sites is 2. The molecule has 3 aromatic rings. The number of nitrogens with one attached hydrogen (secondary N) is 1. The summed E-state index contributed by atoms with van der Waals surface area (Å²) in [5, 5.41) is 11.9. The topological polar surface area (TPSA) is 67.3 Å². The maximum atomic E-state index is 12.9. The van der Waals surface area contributed by atoms with Gasteiger partial charge in [0.1, 0.15) is 5.75 Å². The van der Waals surface area contributed by atoms with Gasteiger partial charge in [-0.2, -0.15) is 0 Å². The SMILES string of the molecule is CCOc1ccccc1NC(=O)C1CCCN(c2ccc(-c3ccc(C)cc3)nn2)C1. The zero-order chi connectivity index (χ0) is 21.6. The summed E-state index contributed by atoms with van der Waals surface area (Å²) in [4.78, 5) is 15.1. The Labute approximate surface area is 183 Å². The second kappa shape index (κ2) is 9.60. The average Bonchev–Trinajstić information content (AvgIpc) is 2.81. The van der Waals surface area contributed by atoms with Gasteiger partial charge in [0.15, 0.2) is 5.82 Å². The van der Waals surface area contributed by atoms with E-state index in [2.05, 4.69) is 51.6 Å². The van der Waals surface area contributed by atoms with Crippen molar-refractivity contribution < 1.29 is 9.53 Å². The van der Waals surface area contributed by atoms with E-state index in [0.717, 1.165) is 36.5 Å². The Morgan fingerprint density at radius 1 is 1.10 bits per heavy atom. The van der Waals surface area contributed by atoms with Crippen molar-refractivity contribution in [1.82, 2.24) is 10.2 Å². The Bertz CT molecular complexity index is 1020. The van der Waals surface area contributed by atoms with E-state index in [1.807, 2.05) is 43.3 Å². The summed E-state index contributed by atoms with van der Waals surface area (Å²) in [6.45, 7) is 6.06. The van der Waals surface area contributed by atoms with Crippen LogP contribution in [0.5, 0.6) is 5.75 Å². The number of benzene rings is 2. The molecule has 2 heterocycles. The lowest BCUT2D eigenvalue weighted by atomic mass is 9.97.